The predicted molar refractivity (Wildman–Crippen MR) is 73.8 cm³/mol. The summed E-state index contributed by atoms with van der Waals surface area (Å²) in [5, 5.41) is 23.0. The third-order valence-corrected chi connectivity index (χ3v) is 2.34. The molecule has 114 valence electrons. The molecule has 4 N–H and O–H groups in total. The fourth-order valence-electron chi connectivity index (χ4n) is 1.21. The first kappa shape index (κ1) is 18.3. The first-order chi connectivity index (χ1) is 9.27. The van der Waals surface area contributed by atoms with Crippen molar-refractivity contribution in [1.29, 1.82) is 0 Å². The van der Waals surface area contributed by atoms with Gasteiger partial charge in [0.05, 0.1) is 12.6 Å². The highest BCUT2D eigenvalue weighted by molar-refractivity contribution is 5.86. The van der Waals surface area contributed by atoms with Crippen molar-refractivity contribution in [2.75, 3.05) is 6.61 Å². The molecule has 3 atom stereocenters. The lowest BCUT2D eigenvalue weighted by Gasteiger charge is -2.20. The molecular weight excluding hydrogens is 264 g/mol. The van der Waals surface area contributed by atoms with Gasteiger partial charge >= 0.3 is 5.97 Å². The molecule has 0 rings (SSSR count). The lowest BCUT2D eigenvalue weighted by molar-refractivity contribution is -0.143. The molecule has 0 aliphatic heterocycles. The van der Waals surface area contributed by atoms with Crippen LogP contribution in [0.4, 0.5) is 0 Å². The van der Waals surface area contributed by atoms with Gasteiger partial charge < -0.3 is 20.3 Å². The zero-order valence-corrected chi connectivity index (χ0v) is 11.9. The van der Waals surface area contributed by atoms with Crippen molar-refractivity contribution < 1.29 is 24.5 Å². The molecule has 20 heavy (non-hydrogen) atoms. The van der Waals surface area contributed by atoms with Crippen LogP contribution in [0.1, 0.15) is 20.8 Å². The SMILES string of the molecule is C=C(/C=C\C)COC(O)N[C@@H](C)C(=O)N[C@@H](C)C(=O)O. The molecule has 7 heteroatoms. The average molecular weight is 286 g/mol. The normalized spacial score (nSPS) is 15.6. The van der Waals surface area contributed by atoms with Crippen LogP contribution in [0.2, 0.25) is 0 Å². The number of nitrogens with one attached hydrogen (secondary N) is 2. The molecular formula is C13H22N2O5. The zero-order valence-electron chi connectivity index (χ0n) is 11.9. The van der Waals surface area contributed by atoms with Gasteiger partial charge in [0.15, 0.2) is 0 Å². The highest BCUT2D eigenvalue weighted by atomic mass is 16.6. The third-order valence-electron chi connectivity index (χ3n) is 2.34. The van der Waals surface area contributed by atoms with Crippen molar-refractivity contribution in [3.05, 3.63) is 24.3 Å². The van der Waals surface area contributed by atoms with Gasteiger partial charge in [0, 0.05) is 0 Å². The van der Waals surface area contributed by atoms with Gasteiger partial charge in [-0.1, -0.05) is 18.7 Å². The molecule has 0 aliphatic rings. The minimum absolute atomic E-state index is 0.109. The van der Waals surface area contributed by atoms with E-state index in [-0.39, 0.29) is 6.61 Å². The fourth-order valence-corrected chi connectivity index (χ4v) is 1.21. The van der Waals surface area contributed by atoms with Gasteiger partial charge in [-0.3, -0.25) is 14.9 Å². The second-order valence-electron chi connectivity index (χ2n) is 4.28. The topological polar surface area (TPSA) is 108 Å². The van der Waals surface area contributed by atoms with Crippen LogP contribution in [0.5, 0.6) is 0 Å². The Balaban J connectivity index is 4.11. The second-order valence-corrected chi connectivity index (χ2v) is 4.28. The first-order valence-corrected chi connectivity index (χ1v) is 6.17. The smallest absolute Gasteiger partial charge is 0.325 e. The molecule has 0 heterocycles. The Hall–Kier alpha value is -1.70. The summed E-state index contributed by atoms with van der Waals surface area (Å²) >= 11 is 0. The van der Waals surface area contributed by atoms with Gasteiger partial charge in [-0.25, -0.2) is 0 Å². The molecule has 0 aromatic rings. The number of rotatable bonds is 9. The van der Waals surface area contributed by atoms with E-state index in [0.717, 1.165) is 0 Å². The van der Waals surface area contributed by atoms with Gasteiger partial charge in [0.25, 0.3) is 0 Å². The maximum absolute atomic E-state index is 11.6. The summed E-state index contributed by atoms with van der Waals surface area (Å²) in [4.78, 5) is 22.2. The van der Waals surface area contributed by atoms with E-state index in [0.29, 0.717) is 5.57 Å². The minimum atomic E-state index is -1.35. The summed E-state index contributed by atoms with van der Waals surface area (Å²) in [7, 11) is 0. The van der Waals surface area contributed by atoms with Crippen molar-refractivity contribution in [1.82, 2.24) is 10.6 Å². The van der Waals surface area contributed by atoms with E-state index in [4.69, 9.17) is 9.84 Å². The lowest BCUT2D eigenvalue weighted by atomic mass is 10.2. The Kier molecular flexibility index (Phi) is 8.46. The van der Waals surface area contributed by atoms with Crippen molar-refractivity contribution in [3.63, 3.8) is 0 Å². The maximum Gasteiger partial charge on any atom is 0.325 e. The lowest BCUT2D eigenvalue weighted by Crippen LogP contribution is -2.51. The Morgan fingerprint density at radius 3 is 2.45 bits per heavy atom. The number of carbonyl (C=O) groups is 2. The van der Waals surface area contributed by atoms with Crippen LogP contribution in [0.3, 0.4) is 0 Å². The number of aliphatic carboxylic acids is 1. The molecule has 1 amide bonds. The van der Waals surface area contributed by atoms with E-state index in [2.05, 4.69) is 17.2 Å². The number of amides is 1. The summed E-state index contributed by atoms with van der Waals surface area (Å²) in [5.74, 6) is -1.68. The molecule has 0 saturated heterocycles. The number of carboxylic acids is 1. The molecule has 0 aliphatic carbocycles. The van der Waals surface area contributed by atoms with E-state index in [1.807, 2.05) is 6.92 Å². The minimum Gasteiger partial charge on any atom is -0.480 e. The van der Waals surface area contributed by atoms with E-state index < -0.39 is 30.4 Å². The van der Waals surface area contributed by atoms with E-state index >= 15 is 0 Å². The van der Waals surface area contributed by atoms with Gasteiger partial charge in [-0.05, 0) is 26.3 Å². The highest BCUT2D eigenvalue weighted by Gasteiger charge is 2.20. The molecule has 1 unspecified atom stereocenters. The van der Waals surface area contributed by atoms with Crippen LogP contribution >= 0.6 is 0 Å². The fraction of sp³-hybridized carbons (Fsp3) is 0.538. The molecule has 7 nitrogen and oxygen atoms in total. The number of ether oxygens (including phenoxy) is 1. The number of hydrogen-bond acceptors (Lipinski definition) is 5. The number of hydrogen-bond donors (Lipinski definition) is 4. The number of carbonyl (C=O) groups excluding carboxylic acids is 1. The predicted octanol–water partition coefficient (Wildman–Crippen LogP) is -0.0214. The standard InChI is InChI=1S/C13H22N2O5/c1-5-6-8(2)7-20-13(19)15-9(3)11(16)14-10(4)12(17)18/h5-6,9-10,13,15,19H,2,7H2,1,3-4H3,(H,14,16)(H,17,18)/b6-5-/t9-,10-,13?/m0/s1. The van der Waals surface area contributed by atoms with Crippen LogP contribution in [0.25, 0.3) is 0 Å². The molecule has 0 fully saturated rings. The zero-order chi connectivity index (χ0) is 15.7. The van der Waals surface area contributed by atoms with Crippen LogP contribution in [0.15, 0.2) is 24.3 Å². The number of aliphatic hydroxyl groups excluding tert-OH is 1. The molecule has 0 saturated carbocycles. The summed E-state index contributed by atoms with van der Waals surface area (Å²) in [5.41, 5.74) is 0.671. The van der Waals surface area contributed by atoms with Crippen molar-refractivity contribution >= 4 is 11.9 Å². The van der Waals surface area contributed by atoms with Gasteiger partial charge in [-0.2, -0.15) is 0 Å². The van der Waals surface area contributed by atoms with Gasteiger partial charge in [0.2, 0.25) is 12.3 Å². The first-order valence-electron chi connectivity index (χ1n) is 6.17. The van der Waals surface area contributed by atoms with Crippen LogP contribution in [-0.4, -0.2) is 47.2 Å². The number of carboxylic acid groups (broad SMARTS) is 1. The molecule has 0 radical (unpaired) electrons. The maximum atomic E-state index is 11.6. The van der Waals surface area contributed by atoms with Crippen LogP contribution < -0.4 is 10.6 Å². The Morgan fingerprint density at radius 2 is 1.95 bits per heavy atom. The average Bonchev–Trinajstić information content (AvgIpc) is 2.36. The number of aliphatic hydroxyl groups is 1. The number of allylic oxidation sites excluding steroid dienone is 1. The Bertz CT molecular complexity index is 381. The van der Waals surface area contributed by atoms with Crippen LogP contribution in [0, 0.1) is 0 Å². The second kappa shape index (κ2) is 9.24. The monoisotopic (exact) mass is 286 g/mol. The van der Waals surface area contributed by atoms with E-state index in [1.54, 1.807) is 12.2 Å². The molecule has 0 aromatic heterocycles. The summed E-state index contributed by atoms with van der Waals surface area (Å²) in [6, 6.07) is -1.80. The van der Waals surface area contributed by atoms with Gasteiger partial charge in [0.1, 0.15) is 6.04 Å². The van der Waals surface area contributed by atoms with Gasteiger partial charge in [-0.15, -0.1) is 0 Å². The van der Waals surface area contributed by atoms with Crippen LogP contribution in [-0.2, 0) is 14.3 Å². The largest absolute Gasteiger partial charge is 0.480 e. The van der Waals surface area contributed by atoms with E-state index in [1.165, 1.54) is 13.8 Å². The molecule has 0 aromatic carbocycles. The molecule has 0 spiro atoms. The van der Waals surface area contributed by atoms with Crippen molar-refractivity contribution in [2.24, 2.45) is 0 Å². The van der Waals surface area contributed by atoms with E-state index in [9.17, 15) is 14.7 Å². The Morgan fingerprint density at radius 1 is 1.35 bits per heavy atom. The molecule has 0 bridgehead atoms. The summed E-state index contributed by atoms with van der Waals surface area (Å²) in [6.45, 7) is 8.46. The summed E-state index contributed by atoms with van der Waals surface area (Å²) in [6.07, 6.45) is 2.17. The highest BCUT2D eigenvalue weighted by Crippen LogP contribution is 1.97. The Labute approximate surface area is 118 Å². The van der Waals surface area contributed by atoms with Crippen molar-refractivity contribution in [3.8, 4) is 0 Å². The summed E-state index contributed by atoms with van der Waals surface area (Å²) < 4.78 is 5.03. The third kappa shape index (κ3) is 7.67. The van der Waals surface area contributed by atoms with Crippen molar-refractivity contribution in [2.45, 2.75) is 39.3 Å². The quantitative estimate of drug-likeness (QED) is 0.350.